The number of fused-ring (bicyclic) bond motifs is 1. The minimum absolute atomic E-state index is 0.0864. The second-order valence-electron chi connectivity index (χ2n) is 4.91. The zero-order valence-corrected chi connectivity index (χ0v) is 13.8. The molecule has 2 aromatic rings. The first-order chi connectivity index (χ1) is 11.0. The molecular formula is C16H18N4O2S. The van der Waals surface area contributed by atoms with Gasteiger partial charge in [0.05, 0.1) is 11.2 Å². The van der Waals surface area contributed by atoms with Crippen LogP contribution in [0.25, 0.3) is 10.9 Å². The second kappa shape index (κ2) is 7.06. The van der Waals surface area contributed by atoms with Crippen LogP contribution in [0.15, 0.2) is 46.8 Å². The van der Waals surface area contributed by atoms with Gasteiger partial charge in [0, 0.05) is 19.0 Å². The van der Waals surface area contributed by atoms with E-state index in [1.165, 1.54) is 4.57 Å². The monoisotopic (exact) mass is 330 g/mol. The number of nitrogens with zero attached hydrogens (tertiary/aromatic N) is 2. The number of benzene rings is 1. The molecule has 0 bridgehead atoms. The molecule has 1 aromatic heterocycles. The second-order valence-corrected chi connectivity index (χ2v) is 5.32. The van der Waals surface area contributed by atoms with E-state index in [1.807, 2.05) is 6.07 Å². The smallest absolute Gasteiger partial charge is 0.263 e. The van der Waals surface area contributed by atoms with Crippen LogP contribution in [-0.2, 0) is 7.05 Å². The van der Waals surface area contributed by atoms with Crippen LogP contribution in [-0.4, -0.2) is 27.0 Å². The molecule has 0 saturated heterocycles. The van der Waals surface area contributed by atoms with Crippen LogP contribution in [0, 0.1) is 0 Å². The number of pyridine rings is 1. The van der Waals surface area contributed by atoms with Crippen LogP contribution in [0.2, 0.25) is 0 Å². The lowest BCUT2D eigenvalue weighted by Gasteiger charge is -2.12. The molecule has 0 amide bonds. The third kappa shape index (κ3) is 3.40. The Bertz CT molecular complexity index is 855. The fraction of sp³-hybridized carbons (Fsp3) is 0.188. The van der Waals surface area contributed by atoms with E-state index in [9.17, 15) is 9.90 Å². The quantitative estimate of drug-likeness (QED) is 0.344. The summed E-state index contributed by atoms with van der Waals surface area (Å²) in [6, 6.07) is 7.15. The van der Waals surface area contributed by atoms with Crippen molar-refractivity contribution < 1.29 is 5.11 Å². The number of hydrogen-bond donors (Lipinski definition) is 3. The summed E-state index contributed by atoms with van der Waals surface area (Å²) >= 11 is 5.03. The van der Waals surface area contributed by atoms with Crippen LogP contribution in [0.1, 0.15) is 12.5 Å². The van der Waals surface area contributed by atoms with E-state index >= 15 is 0 Å². The third-order valence-electron chi connectivity index (χ3n) is 3.37. The molecule has 0 aliphatic carbocycles. The number of aromatic hydroxyl groups is 1. The zero-order chi connectivity index (χ0) is 17.0. The number of nitrogens with one attached hydrogen (secondary N) is 2. The largest absolute Gasteiger partial charge is 0.506 e. The number of aromatic nitrogens is 1. The fourth-order valence-corrected chi connectivity index (χ4v) is 2.33. The van der Waals surface area contributed by atoms with Crippen LogP contribution in [0.3, 0.4) is 0 Å². The Hall–Kier alpha value is -2.67. The minimum atomic E-state index is -0.325. The highest BCUT2D eigenvalue weighted by atomic mass is 32.1. The summed E-state index contributed by atoms with van der Waals surface area (Å²) < 4.78 is 1.48. The Balaban J connectivity index is 2.45. The molecular weight excluding hydrogens is 312 g/mol. The number of aryl methyl sites for hydroxylation is 1. The summed E-state index contributed by atoms with van der Waals surface area (Å²) in [4.78, 5) is 12.5. The summed E-state index contributed by atoms with van der Waals surface area (Å²) in [6.07, 6.45) is 1.66. The molecule has 1 aromatic carbocycles. The topological polar surface area (TPSA) is 78.7 Å². The van der Waals surface area contributed by atoms with Gasteiger partial charge in [-0.05, 0) is 31.3 Å². The van der Waals surface area contributed by atoms with E-state index in [0.717, 1.165) is 0 Å². The predicted octanol–water partition coefficient (Wildman–Crippen LogP) is 1.62. The molecule has 0 atom stereocenters. The van der Waals surface area contributed by atoms with E-state index in [1.54, 1.807) is 38.2 Å². The molecule has 6 nitrogen and oxygen atoms in total. The molecule has 3 N–H and O–H groups in total. The molecule has 0 saturated carbocycles. The van der Waals surface area contributed by atoms with Gasteiger partial charge < -0.3 is 15.0 Å². The number of rotatable bonds is 4. The Kier molecular flexibility index (Phi) is 5.13. The van der Waals surface area contributed by atoms with Crippen molar-refractivity contribution >= 4 is 33.9 Å². The standard InChI is InChI=1S/C16H18N4O2S/c1-4-9-17-16(23)19-18-10(2)13-14(21)11-7-5-6-8-12(11)20(3)15(13)22/h4-8,21H,1,9H2,2-3H3,(H2,17,19,23)/b18-10-. The first kappa shape index (κ1) is 16.7. The molecule has 1 heterocycles. The van der Waals surface area contributed by atoms with Gasteiger partial charge in [0.1, 0.15) is 11.3 Å². The van der Waals surface area contributed by atoms with E-state index in [4.69, 9.17) is 12.2 Å². The highest BCUT2D eigenvalue weighted by Gasteiger charge is 2.16. The summed E-state index contributed by atoms with van der Waals surface area (Å²) in [5.41, 5.74) is 3.46. The first-order valence-electron chi connectivity index (χ1n) is 6.97. The lowest BCUT2D eigenvalue weighted by Crippen LogP contribution is -2.33. The lowest BCUT2D eigenvalue weighted by molar-refractivity contribution is 0.478. The first-order valence-corrected chi connectivity index (χ1v) is 7.38. The van der Waals surface area contributed by atoms with Gasteiger partial charge in [-0.3, -0.25) is 10.2 Å². The number of para-hydroxylation sites is 1. The van der Waals surface area contributed by atoms with Gasteiger partial charge in [0.15, 0.2) is 5.11 Å². The lowest BCUT2D eigenvalue weighted by atomic mass is 10.1. The van der Waals surface area contributed by atoms with Crippen molar-refractivity contribution in [2.75, 3.05) is 6.54 Å². The van der Waals surface area contributed by atoms with Gasteiger partial charge in [-0.2, -0.15) is 5.10 Å². The number of hydrazone groups is 1. The van der Waals surface area contributed by atoms with Crippen molar-refractivity contribution in [2.45, 2.75) is 6.92 Å². The zero-order valence-electron chi connectivity index (χ0n) is 13.0. The van der Waals surface area contributed by atoms with Crippen molar-refractivity contribution in [3.63, 3.8) is 0 Å². The molecule has 0 fully saturated rings. The Morgan fingerprint density at radius 2 is 2.17 bits per heavy atom. The van der Waals surface area contributed by atoms with Crippen molar-refractivity contribution in [1.29, 1.82) is 0 Å². The van der Waals surface area contributed by atoms with Gasteiger partial charge in [-0.1, -0.05) is 18.2 Å². The summed E-state index contributed by atoms with van der Waals surface area (Å²) in [5, 5.41) is 18.3. The van der Waals surface area contributed by atoms with Crippen molar-refractivity contribution in [3.8, 4) is 5.75 Å². The van der Waals surface area contributed by atoms with Gasteiger partial charge in [-0.25, -0.2) is 0 Å². The van der Waals surface area contributed by atoms with Gasteiger partial charge >= 0.3 is 0 Å². The maximum atomic E-state index is 12.5. The minimum Gasteiger partial charge on any atom is -0.506 e. The molecule has 2 rings (SSSR count). The summed E-state index contributed by atoms with van der Waals surface area (Å²) in [5.74, 6) is -0.0864. The molecule has 0 aliphatic heterocycles. The van der Waals surface area contributed by atoms with Crippen molar-refractivity contribution in [1.82, 2.24) is 15.3 Å². The van der Waals surface area contributed by atoms with Crippen LogP contribution >= 0.6 is 12.2 Å². The van der Waals surface area contributed by atoms with E-state index in [-0.39, 0.29) is 16.9 Å². The number of hydrogen-bond acceptors (Lipinski definition) is 4. The molecule has 0 spiro atoms. The summed E-state index contributed by atoms with van der Waals surface area (Å²) in [6.45, 7) is 5.71. The molecule has 7 heteroatoms. The normalized spacial score (nSPS) is 11.3. The Morgan fingerprint density at radius 3 is 2.87 bits per heavy atom. The van der Waals surface area contributed by atoms with Crippen molar-refractivity contribution in [2.24, 2.45) is 12.1 Å². The van der Waals surface area contributed by atoms with Crippen molar-refractivity contribution in [3.05, 3.63) is 52.8 Å². The number of thiocarbonyl (C=S) groups is 1. The molecule has 0 unspecified atom stereocenters. The highest BCUT2D eigenvalue weighted by Crippen LogP contribution is 2.25. The molecule has 120 valence electrons. The van der Waals surface area contributed by atoms with Gasteiger partial charge in [0.2, 0.25) is 0 Å². The van der Waals surface area contributed by atoms with E-state index in [2.05, 4.69) is 22.4 Å². The van der Waals surface area contributed by atoms with Gasteiger partial charge in [-0.15, -0.1) is 6.58 Å². The Morgan fingerprint density at radius 1 is 1.48 bits per heavy atom. The molecule has 23 heavy (non-hydrogen) atoms. The van der Waals surface area contributed by atoms with E-state index < -0.39 is 0 Å². The maximum Gasteiger partial charge on any atom is 0.263 e. The van der Waals surface area contributed by atoms with Crippen LogP contribution in [0.4, 0.5) is 0 Å². The predicted molar refractivity (Wildman–Crippen MR) is 97.0 cm³/mol. The molecule has 0 aliphatic rings. The average molecular weight is 330 g/mol. The fourth-order valence-electron chi connectivity index (χ4n) is 2.20. The van der Waals surface area contributed by atoms with Crippen LogP contribution < -0.4 is 16.3 Å². The highest BCUT2D eigenvalue weighted by molar-refractivity contribution is 7.80. The maximum absolute atomic E-state index is 12.5. The summed E-state index contributed by atoms with van der Waals surface area (Å²) in [7, 11) is 1.66. The van der Waals surface area contributed by atoms with Gasteiger partial charge in [0.25, 0.3) is 5.56 Å². The molecule has 0 radical (unpaired) electrons. The third-order valence-corrected chi connectivity index (χ3v) is 3.61. The van der Waals surface area contributed by atoms with Crippen LogP contribution in [0.5, 0.6) is 5.75 Å². The SMILES string of the molecule is C=CCNC(=S)N/N=C(/C)c1c(O)c2ccccc2n(C)c1=O. The average Bonchev–Trinajstić information content (AvgIpc) is 2.56. The Labute approximate surface area is 139 Å². The van der Waals surface area contributed by atoms with E-state index in [0.29, 0.717) is 28.3 Å².